The van der Waals surface area contributed by atoms with Gasteiger partial charge in [-0.05, 0) is 36.4 Å². The predicted octanol–water partition coefficient (Wildman–Crippen LogP) is 2.51. The van der Waals surface area contributed by atoms with Gasteiger partial charge in [0, 0.05) is 5.56 Å². The highest BCUT2D eigenvalue weighted by molar-refractivity contribution is 8.01. The Morgan fingerprint density at radius 2 is 1.42 bits per heavy atom. The number of carbonyl (C=O) groups excluding carboxylic acids is 1. The van der Waals surface area contributed by atoms with Gasteiger partial charge >= 0.3 is 15.2 Å². The molecular weight excluding hydrogens is 268 g/mol. The maximum absolute atomic E-state index is 11.3. The highest BCUT2D eigenvalue weighted by Crippen LogP contribution is 2.21. The van der Waals surface area contributed by atoms with Crippen LogP contribution in [0.2, 0.25) is 0 Å². The van der Waals surface area contributed by atoms with Crippen LogP contribution in [0.15, 0.2) is 54.6 Å². The zero-order valence-corrected chi connectivity index (χ0v) is 10.5. The summed E-state index contributed by atoms with van der Waals surface area (Å²) in [4.78, 5) is 11.3. The molecule has 0 saturated carbocycles. The number of hydrogen-bond acceptors (Lipinski definition) is 4. The minimum Gasteiger partial charge on any atom is -0.457 e. The second-order valence-electron chi connectivity index (χ2n) is 3.70. The first kappa shape index (κ1) is 13.3. The van der Waals surface area contributed by atoms with Gasteiger partial charge in [-0.15, -0.1) is 0 Å². The molecular formula is C13H10O5S. The molecule has 0 fully saturated rings. The third kappa shape index (κ3) is 3.40. The van der Waals surface area contributed by atoms with Gasteiger partial charge in [-0.3, -0.25) is 9.35 Å². The molecule has 98 valence electrons. The Labute approximate surface area is 110 Å². The van der Waals surface area contributed by atoms with E-state index in [2.05, 4.69) is 0 Å². The number of carbonyl (C=O) groups is 1. The molecule has 0 heterocycles. The lowest BCUT2D eigenvalue weighted by Gasteiger charge is -2.05. The summed E-state index contributed by atoms with van der Waals surface area (Å²) in [5, 5.41) is -1.33. The van der Waals surface area contributed by atoms with E-state index in [0.717, 1.165) is 0 Å². The summed E-state index contributed by atoms with van der Waals surface area (Å²) < 4.78 is 35.5. The van der Waals surface area contributed by atoms with Crippen LogP contribution in [0.1, 0.15) is 10.4 Å². The van der Waals surface area contributed by atoms with Gasteiger partial charge < -0.3 is 4.74 Å². The van der Waals surface area contributed by atoms with Crippen LogP contribution in [0.5, 0.6) is 11.5 Å². The van der Waals surface area contributed by atoms with Crippen molar-refractivity contribution in [3.05, 3.63) is 60.2 Å². The minimum absolute atomic E-state index is 0.122. The average molecular weight is 278 g/mol. The van der Waals surface area contributed by atoms with Crippen molar-refractivity contribution in [2.45, 2.75) is 0 Å². The lowest BCUT2D eigenvalue weighted by Crippen LogP contribution is -2.13. The normalized spacial score (nSPS) is 11.0. The summed E-state index contributed by atoms with van der Waals surface area (Å²) in [6.45, 7) is 0. The van der Waals surface area contributed by atoms with E-state index in [9.17, 15) is 13.2 Å². The first-order chi connectivity index (χ1) is 8.97. The van der Waals surface area contributed by atoms with Crippen LogP contribution >= 0.6 is 0 Å². The molecule has 5 nitrogen and oxygen atoms in total. The van der Waals surface area contributed by atoms with Crippen LogP contribution in [0, 0.1) is 0 Å². The largest absolute Gasteiger partial charge is 0.457 e. The van der Waals surface area contributed by atoms with Gasteiger partial charge in [0.1, 0.15) is 11.5 Å². The monoisotopic (exact) mass is 278 g/mol. The molecule has 2 aromatic rings. The van der Waals surface area contributed by atoms with Gasteiger partial charge in [0.25, 0.3) is 0 Å². The van der Waals surface area contributed by atoms with Crippen molar-refractivity contribution >= 4 is 15.2 Å². The standard InChI is InChI=1S/C13H10O5S/c14-13(19(15,16)17)10-6-8-12(9-7-10)18-11-4-2-1-3-5-11/h1-9H,(H,15,16,17). The van der Waals surface area contributed by atoms with Gasteiger partial charge in [-0.25, -0.2) is 0 Å². The Bertz CT molecular complexity index is 675. The Morgan fingerprint density at radius 1 is 0.895 bits per heavy atom. The van der Waals surface area contributed by atoms with Crippen LogP contribution in [-0.2, 0) is 10.1 Å². The average Bonchev–Trinajstić information content (AvgIpc) is 2.39. The smallest absolute Gasteiger partial charge is 0.333 e. The molecule has 0 aromatic heterocycles. The van der Waals surface area contributed by atoms with Crippen LogP contribution in [-0.4, -0.2) is 18.1 Å². The molecule has 0 radical (unpaired) electrons. The van der Waals surface area contributed by atoms with Gasteiger partial charge in [0.05, 0.1) is 0 Å². The third-order valence-corrected chi connectivity index (χ3v) is 3.01. The fraction of sp³-hybridized carbons (Fsp3) is 0. The fourth-order valence-electron chi connectivity index (χ4n) is 1.43. The second kappa shape index (κ2) is 5.21. The molecule has 0 amide bonds. The van der Waals surface area contributed by atoms with Crippen LogP contribution in [0.25, 0.3) is 0 Å². The van der Waals surface area contributed by atoms with E-state index < -0.39 is 15.2 Å². The fourth-order valence-corrected chi connectivity index (χ4v) is 1.87. The molecule has 0 spiro atoms. The van der Waals surface area contributed by atoms with Crippen LogP contribution in [0.4, 0.5) is 0 Å². The predicted molar refractivity (Wildman–Crippen MR) is 68.8 cm³/mol. The topological polar surface area (TPSA) is 80.7 Å². The molecule has 0 unspecified atom stereocenters. The van der Waals surface area contributed by atoms with Crippen molar-refractivity contribution in [1.29, 1.82) is 0 Å². The zero-order valence-electron chi connectivity index (χ0n) is 9.68. The molecule has 19 heavy (non-hydrogen) atoms. The summed E-state index contributed by atoms with van der Waals surface area (Å²) in [6, 6.07) is 14.4. The van der Waals surface area contributed by atoms with E-state index in [1.807, 2.05) is 18.2 Å². The molecule has 6 heteroatoms. The lowest BCUT2D eigenvalue weighted by atomic mass is 10.2. The van der Waals surface area contributed by atoms with Crippen molar-refractivity contribution in [3.8, 4) is 11.5 Å². The summed E-state index contributed by atoms with van der Waals surface area (Å²) in [5.41, 5.74) is -0.122. The molecule has 2 rings (SSSR count). The highest BCUT2D eigenvalue weighted by Gasteiger charge is 2.20. The third-order valence-electron chi connectivity index (χ3n) is 2.30. The number of rotatable bonds is 3. The van der Waals surface area contributed by atoms with E-state index in [1.165, 1.54) is 24.3 Å². The summed E-state index contributed by atoms with van der Waals surface area (Å²) in [5.74, 6) is 1.08. The van der Waals surface area contributed by atoms with Crippen LogP contribution < -0.4 is 4.74 Å². The van der Waals surface area contributed by atoms with Crippen molar-refractivity contribution in [2.24, 2.45) is 0 Å². The lowest BCUT2D eigenvalue weighted by molar-refractivity contribution is 0.106. The van der Waals surface area contributed by atoms with E-state index in [-0.39, 0.29) is 5.56 Å². The minimum atomic E-state index is -4.71. The molecule has 0 aliphatic heterocycles. The SMILES string of the molecule is O=C(c1ccc(Oc2ccccc2)cc1)S(=O)(=O)O. The number of hydrogen-bond donors (Lipinski definition) is 1. The molecule has 0 bridgehead atoms. The number of para-hydroxylation sites is 1. The van der Waals surface area contributed by atoms with Gasteiger partial charge in [-0.1, -0.05) is 18.2 Å². The highest BCUT2D eigenvalue weighted by atomic mass is 32.2. The Balaban J connectivity index is 2.18. The van der Waals surface area contributed by atoms with Crippen molar-refractivity contribution in [3.63, 3.8) is 0 Å². The molecule has 0 atom stereocenters. The maximum atomic E-state index is 11.3. The number of benzene rings is 2. The molecule has 0 saturated heterocycles. The van der Waals surface area contributed by atoms with Gasteiger partial charge in [0.2, 0.25) is 0 Å². The van der Waals surface area contributed by atoms with Gasteiger partial charge in [-0.2, -0.15) is 8.42 Å². The summed E-state index contributed by atoms with van der Waals surface area (Å²) in [6.07, 6.45) is 0. The molecule has 0 aliphatic carbocycles. The van der Waals surface area contributed by atoms with E-state index >= 15 is 0 Å². The van der Waals surface area contributed by atoms with E-state index in [1.54, 1.807) is 12.1 Å². The van der Waals surface area contributed by atoms with Crippen molar-refractivity contribution in [1.82, 2.24) is 0 Å². The first-order valence-electron chi connectivity index (χ1n) is 5.31. The van der Waals surface area contributed by atoms with E-state index in [0.29, 0.717) is 11.5 Å². The Hall–Kier alpha value is -2.18. The molecule has 1 N–H and O–H groups in total. The van der Waals surface area contributed by atoms with Crippen molar-refractivity contribution in [2.75, 3.05) is 0 Å². The Kier molecular flexibility index (Phi) is 3.64. The van der Waals surface area contributed by atoms with Crippen molar-refractivity contribution < 1.29 is 22.5 Å². The van der Waals surface area contributed by atoms with Gasteiger partial charge in [0.15, 0.2) is 0 Å². The second-order valence-corrected chi connectivity index (χ2v) is 5.02. The quantitative estimate of drug-likeness (QED) is 0.872. The zero-order chi connectivity index (χ0) is 13.9. The summed E-state index contributed by atoms with van der Waals surface area (Å²) in [7, 11) is -4.71. The Morgan fingerprint density at radius 3 is 1.95 bits per heavy atom. The van der Waals surface area contributed by atoms with Crippen LogP contribution in [0.3, 0.4) is 0 Å². The summed E-state index contributed by atoms with van der Waals surface area (Å²) >= 11 is 0. The van der Waals surface area contributed by atoms with E-state index in [4.69, 9.17) is 9.29 Å². The molecule has 2 aromatic carbocycles. The number of ether oxygens (including phenoxy) is 1. The maximum Gasteiger partial charge on any atom is 0.333 e. The molecule has 0 aliphatic rings. The first-order valence-corrected chi connectivity index (χ1v) is 6.75.